The summed E-state index contributed by atoms with van der Waals surface area (Å²) in [6.07, 6.45) is 10.8. The smallest absolute Gasteiger partial charge is 0.0723 e. The molecule has 5 nitrogen and oxygen atoms in total. The highest BCUT2D eigenvalue weighted by atomic mass is 15.0. The van der Waals surface area contributed by atoms with Crippen molar-refractivity contribution >= 4 is 24.3 Å². The van der Waals surface area contributed by atoms with Crippen LogP contribution < -0.4 is 21.4 Å². The minimum atomic E-state index is 0.972. The lowest BCUT2D eigenvalue weighted by Crippen LogP contribution is -2.24. The molecule has 0 radical (unpaired) electrons. The quantitative estimate of drug-likeness (QED) is 0.380. The molecule has 0 saturated heterocycles. The first kappa shape index (κ1) is 20.4. The Morgan fingerprint density at radius 1 is 0.529 bits per heavy atom. The van der Waals surface area contributed by atoms with Gasteiger partial charge >= 0.3 is 0 Å². The fourth-order valence-electron chi connectivity index (χ4n) is 4.77. The Kier molecular flexibility index (Phi) is 4.59. The molecule has 1 aliphatic rings. The van der Waals surface area contributed by atoms with Gasteiger partial charge < -0.3 is 18.3 Å². The topological polar surface area (TPSA) is 32.6 Å². The van der Waals surface area contributed by atoms with Crippen LogP contribution in [0, 0.1) is 0 Å². The van der Waals surface area contributed by atoms with E-state index < -0.39 is 0 Å². The number of pyridine rings is 1. The zero-order valence-electron chi connectivity index (χ0n) is 19.9. The minimum absolute atomic E-state index is 0.972. The Labute approximate surface area is 198 Å². The number of hydrogen-bond donors (Lipinski definition) is 0. The molecule has 1 aliphatic heterocycles. The van der Waals surface area contributed by atoms with Crippen molar-refractivity contribution in [2.75, 3.05) is 0 Å². The van der Waals surface area contributed by atoms with E-state index in [0.717, 1.165) is 44.0 Å². The summed E-state index contributed by atoms with van der Waals surface area (Å²) < 4.78 is 8.97. The third-order valence-corrected chi connectivity index (χ3v) is 7.03. The fraction of sp³-hybridized carbons (Fsp3) is 0.138. The van der Waals surface area contributed by atoms with Crippen LogP contribution in [0.15, 0.2) is 66.9 Å². The molecule has 168 valence electrons. The molecule has 8 bridgehead atoms. The van der Waals surface area contributed by atoms with E-state index in [9.17, 15) is 0 Å². The number of nitrogens with zero attached hydrogens (tertiary/aromatic N) is 5. The summed E-state index contributed by atoms with van der Waals surface area (Å²) in [5.41, 5.74) is 6.70. The molecule has 0 aliphatic carbocycles. The van der Waals surface area contributed by atoms with Gasteiger partial charge in [-0.05, 0) is 78.9 Å². The minimum Gasteiger partial charge on any atom is -0.344 e. The largest absolute Gasteiger partial charge is 0.344 e. The molecule has 0 atom stereocenters. The van der Waals surface area contributed by atoms with Crippen molar-refractivity contribution in [3.63, 3.8) is 0 Å². The molecule has 0 aromatic carbocycles. The molecule has 6 rings (SSSR count). The zero-order chi connectivity index (χ0) is 23.4. The SMILES string of the molecule is Cn1c2ccc1C=c1ccc(n1C)=Cc1c(-c3ccccn3)cc(n1C)C=c1ccc(n1C)=C2. The van der Waals surface area contributed by atoms with Crippen LogP contribution in [-0.4, -0.2) is 23.3 Å². The van der Waals surface area contributed by atoms with Gasteiger partial charge in [-0.15, -0.1) is 0 Å². The van der Waals surface area contributed by atoms with Crippen LogP contribution in [0.1, 0.15) is 22.8 Å². The first-order chi connectivity index (χ1) is 16.5. The van der Waals surface area contributed by atoms with Crippen LogP contribution in [-0.2, 0) is 28.2 Å². The van der Waals surface area contributed by atoms with Crippen LogP contribution in [0.4, 0.5) is 0 Å². The third-order valence-electron chi connectivity index (χ3n) is 7.03. The zero-order valence-corrected chi connectivity index (χ0v) is 19.9. The summed E-state index contributed by atoms with van der Waals surface area (Å²) in [6.45, 7) is 0. The van der Waals surface area contributed by atoms with Gasteiger partial charge in [-0.25, -0.2) is 0 Å². The summed E-state index contributed by atoms with van der Waals surface area (Å²) in [6, 6.07) is 21.4. The molecule has 5 aromatic heterocycles. The molecular weight excluding hydrogens is 418 g/mol. The first-order valence-electron chi connectivity index (χ1n) is 11.5. The summed E-state index contributed by atoms with van der Waals surface area (Å²) in [4.78, 5) is 4.66. The Bertz CT molecular complexity index is 1790. The number of rotatable bonds is 1. The van der Waals surface area contributed by atoms with Gasteiger partial charge in [-0.2, -0.15) is 0 Å². The Morgan fingerprint density at radius 2 is 1.09 bits per heavy atom. The van der Waals surface area contributed by atoms with E-state index in [1.807, 2.05) is 18.3 Å². The standard InChI is InChI=1S/C29H27N5/c1-31-20-8-9-21(31)16-23-12-13-25(33(23)3)19-29-27(28-7-5-6-14-30-28)18-26(34(29)4)17-24-11-10-22(15-20)32(24)2/h5-19H,1-4H3. The van der Waals surface area contributed by atoms with Gasteiger partial charge in [0.05, 0.1) is 11.4 Å². The van der Waals surface area contributed by atoms with E-state index in [1.165, 1.54) is 11.4 Å². The first-order valence-corrected chi connectivity index (χ1v) is 11.5. The molecule has 0 saturated carbocycles. The van der Waals surface area contributed by atoms with Crippen LogP contribution >= 0.6 is 0 Å². The molecule has 34 heavy (non-hydrogen) atoms. The van der Waals surface area contributed by atoms with Crippen LogP contribution in [0.25, 0.3) is 35.6 Å². The Hall–Kier alpha value is -4.25. The van der Waals surface area contributed by atoms with Gasteiger partial charge in [0.25, 0.3) is 0 Å². The van der Waals surface area contributed by atoms with Gasteiger partial charge in [0, 0.05) is 78.4 Å². The van der Waals surface area contributed by atoms with Gasteiger partial charge in [-0.1, -0.05) is 6.07 Å². The predicted molar refractivity (Wildman–Crippen MR) is 138 cm³/mol. The van der Waals surface area contributed by atoms with E-state index in [4.69, 9.17) is 0 Å². The maximum atomic E-state index is 4.66. The second-order valence-corrected chi connectivity index (χ2v) is 8.95. The van der Waals surface area contributed by atoms with Gasteiger partial charge in [0.15, 0.2) is 0 Å². The highest BCUT2D eigenvalue weighted by Crippen LogP contribution is 2.26. The molecule has 5 heteroatoms. The van der Waals surface area contributed by atoms with Crippen LogP contribution in [0.3, 0.4) is 0 Å². The van der Waals surface area contributed by atoms with Crippen molar-refractivity contribution in [1.82, 2.24) is 23.3 Å². The molecular formula is C29H27N5. The van der Waals surface area contributed by atoms with E-state index in [2.05, 4.69) is 124 Å². The average molecular weight is 446 g/mol. The molecule has 0 amide bonds. The highest BCUT2D eigenvalue weighted by Gasteiger charge is 2.13. The van der Waals surface area contributed by atoms with Crippen molar-refractivity contribution < 1.29 is 0 Å². The fourth-order valence-corrected chi connectivity index (χ4v) is 4.77. The van der Waals surface area contributed by atoms with Gasteiger partial charge in [0.1, 0.15) is 0 Å². The molecule has 5 aromatic rings. The van der Waals surface area contributed by atoms with Crippen molar-refractivity contribution in [2.24, 2.45) is 28.2 Å². The Morgan fingerprint density at radius 3 is 1.65 bits per heavy atom. The van der Waals surface area contributed by atoms with Crippen molar-refractivity contribution in [3.05, 3.63) is 111 Å². The summed E-state index contributed by atoms with van der Waals surface area (Å²) in [5.74, 6) is 0. The summed E-state index contributed by atoms with van der Waals surface area (Å²) in [5, 5.41) is 4.62. The van der Waals surface area contributed by atoms with Crippen molar-refractivity contribution in [1.29, 1.82) is 0 Å². The lowest BCUT2D eigenvalue weighted by Gasteiger charge is -2.05. The maximum absolute atomic E-state index is 4.66. The number of fused-ring (bicyclic) bond motifs is 8. The summed E-state index contributed by atoms with van der Waals surface area (Å²) in [7, 11) is 8.50. The normalized spacial score (nSPS) is 12.5. The summed E-state index contributed by atoms with van der Waals surface area (Å²) >= 11 is 0. The third kappa shape index (κ3) is 3.20. The maximum Gasteiger partial charge on any atom is 0.0723 e. The van der Waals surface area contributed by atoms with E-state index in [-0.39, 0.29) is 0 Å². The number of hydrogen-bond acceptors (Lipinski definition) is 1. The second kappa shape index (κ2) is 7.66. The second-order valence-electron chi connectivity index (χ2n) is 8.95. The highest BCUT2D eigenvalue weighted by molar-refractivity contribution is 5.75. The van der Waals surface area contributed by atoms with Crippen molar-refractivity contribution in [3.8, 4) is 11.3 Å². The lowest BCUT2D eigenvalue weighted by molar-refractivity contribution is 0.840. The Balaban J connectivity index is 1.74. The lowest BCUT2D eigenvalue weighted by atomic mass is 10.1. The molecule has 0 N–H and O–H groups in total. The number of aromatic nitrogens is 5. The van der Waals surface area contributed by atoms with E-state index >= 15 is 0 Å². The monoisotopic (exact) mass is 445 g/mol. The molecule has 6 heterocycles. The van der Waals surface area contributed by atoms with Crippen molar-refractivity contribution in [2.45, 2.75) is 0 Å². The van der Waals surface area contributed by atoms with Crippen LogP contribution in [0.2, 0.25) is 0 Å². The molecule has 0 unspecified atom stereocenters. The van der Waals surface area contributed by atoms with Gasteiger partial charge in [0.2, 0.25) is 0 Å². The average Bonchev–Trinajstić information content (AvgIpc) is 3.56. The molecule has 0 spiro atoms. The van der Waals surface area contributed by atoms with Gasteiger partial charge in [-0.3, -0.25) is 4.98 Å². The molecule has 0 fully saturated rings. The van der Waals surface area contributed by atoms with E-state index in [0.29, 0.717) is 0 Å². The predicted octanol–water partition coefficient (Wildman–Crippen LogP) is 1.73. The van der Waals surface area contributed by atoms with Crippen LogP contribution in [0.5, 0.6) is 0 Å². The van der Waals surface area contributed by atoms with E-state index in [1.54, 1.807) is 0 Å².